The molecule has 136 valence electrons. The number of hydrogen-bond donors (Lipinski definition) is 0. The Balaban J connectivity index is 1.66. The molecular weight excluding hydrogens is 377 g/mol. The highest BCUT2D eigenvalue weighted by atomic mass is 35.5. The monoisotopic (exact) mass is 393 g/mol. The first-order chi connectivity index (χ1) is 12.4. The minimum Gasteiger partial charge on any atom is -0.296 e. The highest BCUT2D eigenvalue weighted by Crippen LogP contribution is 2.21. The van der Waals surface area contributed by atoms with Gasteiger partial charge in [0, 0.05) is 43.3 Å². The lowest BCUT2D eigenvalue weighted by atomic mass is 10.1. The zero-order valence-corrected chi connectivity index (χ0v) is 15.5. The molecule has 2 aromatic carbocycles. The normalized spacial score (nSPS) is 16.3. The van der Waals surface area contributed by atoms with Gasteiger partial charge in [-0.3, -0.25) is 4.90 Å². The number of halogens is 2. The third-order valence-electron chi connectivity index (χ3n) is 4.38. The molecule has 0 atom stereocenters. The van der Waals surface area contributed by atoms with Crippen LogP contribution in [0.3, 0.4) is 0 Å². The molecule has 3 rings (SSSR count). The molecule has 1 aliphatic heterocycles. The van der Waals surface area contributed by atoms with Gasteiger partial charge in [-0.2, -0.15) is 9.57 Å². The molecule has 0 aromatic heterocycles. The highest BCUT2D eigenvalue weighted by molar-refractivity contribution is 7.89. The maximum Gasteiger partial charge on any atom is 0.243 e. The van der Waals surface area contributed by atoms with Gasteiger partial charge in [-0.25, -0.2) is 12.8 Å². The first-order valence-corrected chi connectivity index (χ1v) is 9.89. The van der Waals surface area contributed by atoms with Crippen molar-refractivity contribution in [3.63, 3.8) is 0 Å². The minimum absolute atomic E-state index is 0.0199. The van der Waals surface area contributed by atoms with E-state index in [2.05, 4.69) is 0 Å². The summed E-state index contributed by atoms with van der Waals surface area (Å²) in [5.74, 6) is -0.508. The van der Waals surface area contributed by atoms with E-state index in [0.29, 0.717) is 43.3 Å². The summed E-state index contributed by atoms with van der Waals surface area (Å²) in [6.07, 6.45) is 0. The Hall–Kier alpha value is -1.98. The molecule has 1 saturated heterocycles. The highest BCUT2D eigenvalue weighted by Gasteiger charge is 2.28. The van der Waals surface area contributed by atoms with Gasteiger partial charge in [0.05, 0.1) is 10.5 Å². The Morgan fingerprint density at radius 1 is 1.08 bits per heavy atom. The van der Waals surface area contributed by atoms with Gasteiger partial charge in [-0.15, -0.1) is 0 Å². The third kappa shape index (κ3) is 3.89. The van der Waals surface area contributed by atoms with Crippen LogP contribution in [0, 0.1) is 17.1 Å². The van der Waals surface area contributed by atoms with Gasteiger partial charge in [-0.05, 0) is 30.3 Å². The van der Waals surface area contributed by atoms with E-state index in [1.165, 1.54) is 22.5 Å². The molecule has 0 radical (unpaired) electrons. The average Bonchev–Trinajstić information content (AvgIpc) is 2.64. The Labute approximate surface area is 157 Å². The summed E-state index contributed by atoms with van der Waals surface area (Å²) < 4.78 is 40.9. The Kier molecular flexibility index (Phi) is 5.58. The summed E-state index contributed by atoms with van der Waals surface area (Å²) in [6.45, 7) is 1.97. The zero-order valence-electron chi connectivity index (χ0n) is 13.9. The van der Waals surface area contributed by atoms with Crippen molar-refractivity contribution in [2.75, 3.05) is 26.2 Å². The number of nitriles is 1. The first kappa shape index (κ1) is 18.8. The second-order valence-electron chi connectivity index (χ2n) is 6.02. The second kappa shape index (κ2) is 7.72. The molecule has 5 nitrogen and oxygen atoms in total. The summed E-state index contributed by atoms with van der Waals surface area (Å²) >= 11 is 5.81. The number of hydrogen-bond acceptors (Lipinski definition) is 4. The van der Waals surface area contributed by atoms with Crippen molar-refractivity contribution in [2.45, 2.75) is 11.4 Å². The molecule has 8 heteroatoms. The molecule has 0 amide bonds. The number of piperazine rings is 1. The van der Waals surface area contributed by atoms with Gasteiger partial charge < -0.3 is 0 Å². The van der Waals surface area contributed by atoms with Gasteiger partial charge in [0.1, 0.15) is 11.9 Å². The third-order valence-corrected chi connectivity index (χ3v) is 6.54. The number of nitrogens with zero attached hydrogens (tertiary/aromatic N) is 3. The van der Waals surface area contributed by atoms with Crippen LogP contribution in [0.5, 0.6) is 0 Å². The number of rotatable bonds is 4. The molecule has 0 spiro atoms. The van der Waals surface area contributed by atoms with Crippen LogP contribution in [0.25, 0.3) is 0 Å². The van der Waals surface area contributed by atoms with E-state index in [1.807, 2.05) is 11.0 Å². The summed E-state index contributed by atoms with van der Waals surface area (Å²) in [5, 5.41) is 9.39. The van der Waals surface area contributed by atoms with Gasteiger partial charge >= 0.3 is 0 Å². The minimum atomic E-state index is -3.56. The Morgan fingerprint density at radius 3 is 2.35 bits per heavy atom. The fraction of sp³-hybridized carbons (Fsp3) is 0.278. The van der Waals surface area contributed by atoms with E-state index in [1.54, 1.807) is 24.3 Å². The predicted molar refractivity (Wildman–Crippen MR) is 96.6 cm³/mol. The van der Waals surface area contributed by atoms with Crippen molar-refractivity contribution in [1.82, 2.24) is 9.21 Å². The van der Waals surface area contributed by atoms with Crippen molar-refractivity contribution in [3.8, 4) is 6.07 Å². The maximum atomic E-state index is 14.2. The molecule has 0 saturated carbocycles. The number of sulfonamides is 1. The van der Waals surface area contributed by atoms with Crippen molar-refractivity contribution in [3.05, 3.63) is 64.4 Å². The topological polar surface area (TPSA) is 64.4 Å². The molecule has 1 aliphatic rings. The SMILES string of the molecule is N#Cc1cccc(CN2CCN(S(=O)(=O)c3ccc(Cl)cc3)CC2)c1F. The van der Waals surface area contributed by atoms with Crippen molar-refractivity contribution >= 4 is 21.6 Å². The van der Waals surface area contributed by atoms with Crippen LogP contribution >= 0.6 is 11.6 Å². The molecule has 0 N–H and O–H groups in total. The van der Waals surface area contributed by atoms with E-state index in [0.717, 1.165) is 0 Å². The first-order valence-electron chi connectivity index (χ1n) is 8.07. The summed E-state index contributed by atoms with van der Waals surface area (Å²) in [5.41, 5.74) is 0.463. The molecule has 26 heavy (non-hydrogen) atoms. The second-order valence-corrected chi connectivity index (χ2v) is 8.40. The van der Waals surface area contributed by atoms with Gasteiger partial charge in [-0.1, -0.05) is 23.7 Å². The van der Waals surface area contributed by atoms with E-state index in [4.69, 9.17) is 16.9 Å². The lowest BCUT2D eigenvalue weighted by Gasteiger charge is -2.34. The van der Waals surface area contributed by atoms with Gasteiger partial charge in [0.25, 0.3) is 0 Å². The van der Waals surface area contributed by atoms with Crippen LogP contribution in [0.2, 0.25) is 5.02 Å². The van der Waals surface area contributed by atoms with Crippen LogP contribution in [0.1, 0.15) is 11.1 Å². The van der Waals surface area contributed by atoms with E-state index < -0.39 is 15.8 Å². The fourth-order valence-corrected chi connectivity index (χ4v) is 4.46. The van der Waals surface area contributed by atoms with Crippen LogP contribution in [0.4, 0.5) is 4.39 Å². The Morgan fingerprint density at radius 2 is 1.73 bits per heavy atom. The van der Waals surface area contributed by atoms with Crippen LogP contribution in [0.15, 0.2) is 47.4 Å². The Bertz CT molecular complexity index is 934. The lowest BCUT2D eigenvalue weighted by Crippen LogP contribution is -2.48. The van der Waals surface area contributed by atoms with Crippen molar-refractivity contribution < 1.29 is 12.8 Å². The summed E-state index contributed by atoms with van der Waals surface area (Å²) in [4.78, 5) is 2.19. The smallest absolute Gasteiger partial charge is 0.243 e. The van der Waals surface area contributed by atoms with Gasteiger partial charge in [0.2, 0.25) is 10.0 Å². The van der Waals surface area contributed by atoms with Gasteiger partial charge in [0.15, 0.2) is 0 Å². The van der Waals surface area contributed by atoms with E-state index in [-0.39, 0.29) is 10.5 Å². The van der Waals surface area contributed by atoms with Crippen LogP contribution < -0.4 is 0 Å². The van der Waals surface area contributed by atoms with Crippen LogP contribution in [-0.4, -0.2) is 43.8 Å². The predicted octanol–water partition coefficient (Wildman–Crippen LogP) is 2.86. The zero-order chi connectivity index (χ0) is 18.7. The van der Waals surface area contributed by atoms with E-state index >= 15 is 0 Å². The van der Waals surface area contributed by atoms with Crippen LogP contribution in [-0.2, 0) is 16.6 Å². The average molecular weight is 394 g/mol. The molecular formula is C18H17ClFN3O2S. The lowest BCUT2D eigenvalue weighted by molar-refractivity contribution is 0.180. The molecule has 2 aromatic rings. The molecule has 0 bridgehead atoms. The molecule has 1 fully saturated rings. The molecule has 0 unspecified atom stereocenters. The summed E-state index contributed by atoms with van der Waals surface area (Å²) in [6, 6.07) is 12.7. The van der Waals surface area contributed by atoms with Crippen molar-refractivity contribution in [2.24, 2.45) is 0 Å². The number of benzene rings is 2. The largest absolute Gasteiger partial charge is 0.296 e. The standard InChI is InChI=1S/C18H17ClFN3O2S/c19-16-4-6-17(7-5-16)26(24,25)23-10-8-22(9-11-23)13-15-3-1-2-14(12-21)18(15)20/h1-7H,8-11,13H2. The summed E-state index contributed by atoms with van der Waals surface area (Å²) in [7, 11) is -3.56. The quantitative estimate of drug-likeness (QED) is 0.801. The van der Waals surface area contributed by atoms with E-state index in [9.17, 15) is 12.8 Å². The van der Waals surface area contributed by atoms with Crippen molar-refractivity contribution in [1.29, 1.82) is 5.26 Å². The molecule has 1 heterocycles. The molecule has 0 aliphatic carbocycles. The fourth-order valence-electron chi connectivity index (χ4n) is 2.91. The maximum absolute atomic E-state index is 14.2.